The first-order valence-electron chi connectivity index (χ1n) is 9.39. The third-order valence-corrected chi connectivity index (χ3v) is 5.76. The monoisotopic (exact) mass is 403 g/mol. The number of benzene rings is 2. The lowest BCUT2D eigenvalue weighted by Crippen LogP contribution is -2.33. The number of nitrogens with one attached hydrogen (secondary N) is 1. The maximum atomic E-state index is 12.7. The molecule has 4 aromatic rings. The fourth-order valence-corrected chi connectivity index (χ4v) is 3.94. The van der Waals surface area contributed by atoms with Gasteiger partial charge in [-0.3, -0.25) is 4.79 Å². The van der Waals surface area contributed by atoms with E-state index >= 15 is 0 Å². The molecule has 7 heteroatoms. The molecular weight excluding hydrogens is 382 g/mol. The van der Waals surface area contributed by atoms with Crippen LogP contribution in [-0.2, 0) is 4.79 Å². The van der Waals surface area contributed by atoms with Gasteiger partial charge >= 0.3 is 0 Å². The minimum Gasteiger partial charge on any atom is -0.349 e. The molecule has 0 aliphatic heterocycles. The Kier molecular flexibility index (Phi) is 5.57. The van der Waals surface area contributed by atoms with Crippen molar-refractivity contribution in [1.82, 2.24) is 25.1 Å². The first-order chi connectivity index (χ1) is 14.1. The lowest BCUT2D eigenvalue weighted by molar-refractivity contribution is -0.120. The van der Waals surface area contributed by atoms with Crippen molar-refractivity contribution in [2.45, 2.75) is 30.2 Å². The lowest BCUT2D eigenvalue weighted by Gasteiger charge is -2.17. The Hall–Kier alpha value is -3.19. The second-order valence-electron chi connectivity index (χ2n) is 6.71. The Labute approximate surface area is 173 Å². The van der Waals surface area contributed by atoms with Gasteiger partial charge in [-0.05, 0) is 31.5 Å². The summed E-state index contributed by atoms with van der Waals surface area (Å²) in [6.45, 7) is 3.87. The van der Waals surface area contributed by atoms with Crippen molar-refractivity contribution >= 4 is 28.7 Å². The van der Waals surface area contributed by atoms with E-state index in [4.69, 9.17) is 0 Å². The number of nitrogens with zero attached hydrogens (tertiary/aromatic N) is 4. The molecule has 1 N–H and O–H groups in total. The third-order valence-electron chi connectivity index (χ3n) is 4.65. The molecule has 0 aliphatic rings. The average Bonchev–Trinajstić information content (AvgIpc) is 3.20. The van der Waals surface area contributed by atoms with Gasteiger partial charge in [-0.2, -0.15) is 5.10 Å². The molecule has 29 heavy (non-hydrogen) atoms. The van der Waals surface area contributed by atoms with Crippen LogP contribution in [0.15, 0.2) is 78.2 Å². The minimum absolute atomic E-state index is 0.0337. The fraction of sp³-hybridized carbons (Fsp3) is 0.182. The molecule has 2 atom stereocenters. The lowest BCUT2D eigenvalue weighted by atomic mass is 10.1. The van der Waals surface area contributed by atoms with Crippen LogP contribution in [0.3, 0.4) is 0 Å². The molecule has 0 fully saturated rings. The van der Waals surface area contributed by atoms with Crippen LogP contribution in [0.5, 0.6) is 0 Å². The Morgan fingerprint density at radius 3 is 2.41 bits per heavy atom. The summed E-state index contributed by atoms with van der Waals surface area (Å²) >= 11 is 1.41. The van der Waals surface area contributed by atoms with E-state index in [0.717, 1.165) is 27.3 Å². The van der Waals surface area contributed by atoms with Crippen molar-refractivity contribution in [3.05, 3.63) is 78.8 Å². The molecule has 6 nitrogen and oxygen atoms in total. The van der Waals surface area contributed by atoms with E-state index in [1.807, 2.05) is 74.5 Å². The standard InChI is InChI=1S/C22H21N5OS/c1-15(17-9-5-3-6-10-17)26-21(28)16(2)29-22-19-13-25-27(20(19)23-14-24-22)18-11-7-4-8-12-18/h3-16H,1-2H3,(H,26,28). The van der Waals surface area contributed by atoms with Crippen molar-refractivity contribution in [3.8, 4) is 5.69 Å². The minimum atomic E-state index is -0.306. The number of hydrogen-bond donors (Lipinski definition) is 1. The van der Waals surface area contributed by atoms with Gasteiger partial charge in [0, 0.05) is 0 Å². The van der Waals surface area contributed by atoms with Gasteiger partial charge in [-0.15, -0.1) is 0 Å². The van der Waals surface area contributed by atoms with Gasteiger partial charge in [-0.25, -0.2) is 14.6 Å². The number of thioether (sulfide) groups is 1. The molecule has 2 aromatic carbocycles. The number of carbonyl (C=O) groups excluding carboxylic acids is 1. The molecule has 0 aliphatic carbocycles. The van der Waals surface area contributed by atoms with E-state index in [1.165, 1.54) is 18.1 Å². The molecule has 0 saturated carbocycles. The van der Waals surface area contributed by atoms with Gasteiger partial charge in [0.05, 0.1) is 28.6 Å². The molecule has 1 amide bonds. The summed E-state index contributed by atoms with van der Waals surface area (Å²) in [5.74, 6) is -0.0337. The van der Waals surface area contributed by atoms with Gasteiger partial charge in [0.2, 0.25) is 5.91 Å². The highest BCUT2D eigenvalue weighted by atomic mass is 32.2. The largest absolute Gasteiger partial charge is 0.349 e. The summed E-state index contributed by atoms with van der Waals surface area (Å²) in [6.07, 6.45) is 3.27. The number of amides is 1. The zero-order chi connectivity index (χ0) is 20.2. The van der Waals surface area contributed by atoms with E-state index in [0.29, 0.717) is 0 Å². The van der Waals surface area contributed by atoms with Gasteiger partial charge in [0.1, 0.15) is 11.4 Å². The zero-order valence-electron chi connectivity index (χ0n) is 16.2. The van der Waals surface area contributed by atoms with E-state index in [1.54, 1.807) is 10.9 Å². The van der Waals surface area contributed by atoms with Crippen LogP contribution < -0.4 is 5.32 Å². The molecule has 0 spiro atoms. The number of fused-ring (bicyclic) bond motifs is 1. The van der Waals surface area contributed by atoms with Crippen molar-refractivity contribution in [1.29, 1.82) is 0 Å². The van der Waals surface area contributed by atoms with Gasteiger partial charge in [-0.1, -0.05) is 60.3 Å². The Balaban J connectivity index is 1.52. The van der Waals surface area contributed by atoms with Crippen LogP contribution in [0.1, 0.15) is 25.5 Å². The van der Waals surface area contributed by atoms with Gasteiger partial charge in [0.25, 0.3) is 0 Å². The van der Waals surface area contributed by atoms with E-state index in [2.05, 4.69) is 20.4 Å². The molecule has 2 unspecified atom stereocenters. The number of aromatic nitrogens is 4. The summed E-state index contributed by atoms with van der Waals surface area (Å²) in [6, 6.07) is 19.7. The van der Waals surface area contributed by atoms with Crippen LogP contribution in [-0.4, -0.2) is 30.9 Å². The second-order valence-corrected chi connectivity index (χ2v) is 8.04. The van der Waals surface area contributed by atoms with Crippen molar-refractivity contribution in [2.75, 3.05) is 0 Å². The number of hydrogen-bond acceptors (Lipinski definition) is 5. The summed E-state index contributed by atoms with van der Waals surface area (Å²) in [7, 11) is 0. The zero-order valence-corrected chi connectivity index (χ0v) is 17.0. The van der Waals surface area contributed by atoms with E-state index in [-0.39, 0.29) is 17.2 Å². The Bertz CT molecular complexity index is 1110. The first kappa shape index (κ1) is 19.1. The second kappa shape index (κ2) is 8.45. The topological polar surface area (TPSA) is 72.7 Å². The summed E-state index contributed by atoms with van der Waals surface area (Å²) < 4.78 is 1.78. The fourth-order valence-electron chi connectivity index (χ4n) is 3.05. The van der Waals surface area contributed by atoms with Crippen LogP contribution in [0.25, 0.3) is 16.7 Å². The Morgan fingerprint density at radius 2 is 1.69 bits per heavy atom. The van der Waals surface area contributed by atoms with Crippen LogP contribution in [0, 0.1) is 0 Å². The third kappa shape index (κ3) is 4.14. The highest BCUT2D eigenvalue weighted by molar-refractivity contribution is 8.00. The quantitative estimate of drug-likeness (QED) is 0.386. The SMILES string of the molecule is CC(Sc1ncnc2c1cnn2-c1ccccc1)C(=O)NC(C)c1ccccc1. The summed E-state index contributed by atoms with van der Waals surface area (Å²) in [5.41, 5.74) is 2.73. The molecule has 146 valence electrons. The van der Waals surface area contributed by atoms with Crippen LogP contribution >= 0.6 is 11.8 Å². The summed E-state index contributed by atoms with van der Waals surface area (Å²) in [4.78, 5) is 21.5. The van der Waals surface area contributed by atoms with E-state index in [9.17, 15) is 4.79 Å². The van der Waals surface area contributed by atoms with Crippen LogP contribution in [0.2, 0.25) is 0 Å². The molecule has 2 aromatic heterocycles. The number of rotatable bonds is 6. The average molecular weight is 404 g/mol. The molecule has 0 radical (unpaired) electrons. The molecule has 2 heterocycles. The predicted molar refractivity (Wildman–Crippen MR) is 115 cm³/mol. The van der Waals surface area contributed by atoms with Crippen molar-refractivity contribution in [3.63, 3.8) is 0 Å². The number of carbonyl (C=O) groups is 1. The maximum absolute atomic E-state index is 12.7. The smallest absolute Gasteiger partial charge is 0.233 e. The normalized spacial score (nSPS) is 13.2. The van der Waals surface area contributed by atoms with Gasteiger partial charge < -0.3 is 5.32 Å². The van der Waals surface area contributed by atoms with E-state index < -0.39 is 0 Å². The van der Waals surface area contributed by atoms with Gasteiger partial charge in [0.15, 0.2) is 5.65 Å². The molecule has 0 saturated heterocycles. The molecule has 0 bridgehead atoms. The highest BCUT2D eigenvalue weighted by Gasteiger charge is 2.20. The molecular formula is C22H21N5OS. The van der Waals surface area contributed by atoms with Crippen molar-refractivity contribution < 1.29 is 4.79 Å². The maximum Gasteiger partial charge on any atom is 0.233 e. The Morgan fingerprint density at radius 1 is 1.00 bits per heavy atom. The first-order valence-corrected chi connectivity index (χ1v) is 10.3. The number of para-hydroxylation sites is 1. The molecule has 4 rings (SSSR count). The highest BCUT2D eigenvalue weighted by Crippen LogP contribution is 2.29. The predicted octanol–water partition coefficient (Wildman–Crippen LogP) is 4.17. The van der Waals surface area contributed by atoms with Crippen LogP contribution in [0.4, 0.5) is 0 Å². The summed E-state index contributed by atoms with van der Waals surface area (Å²) in [5, 5.41) is 8.81. The van der Waals surface area contributed by atoms with Crippen molar-refractivity contribution in [2.24, 2.45) is 0 Å².